The SMILES string of the molecule is NCc1ccc(-c2cnc(N)c(-c3nnnn3-c3cccc(F)c3F)c2)cn1. The topological polar surface area (TPSA) is 121 Å². The summed E-state index contributed by atoms with van der Waals surface area (Å²) < 4.78 is 28.9. The summed E-state index contributed by atoms with van der Waals surface area (Å²) in [6, 6.07) is 9.10. The van der Waals surface area contributed by atoms with Crippen LogP contribution < -0.4 is 11.5 Å². The van der Waals surface area contributed by atoms with Gasteiger partial charge in [-0.2, -0.15) is 4.68 Å². The molecule has 0 atom stereocenters. The molecule has 4 aromatic rings. The highest BCUT2D eigenvalue weighted by Gasteiger charge is 2.19. The second-order valence-corrected chi connectivity index (χ2v) is 5.89. The number of tetrazole rings is 1. The van der Waals surface area contributed by atoms with E-state index in [1.54, 1.807) is 24.5 Å². The molecule has 0 aliphatic rings. The Balaban J connectivity index is 1.82. The zero-order valence-corrected chi connectivity index (χ0v) is 14.4. The number of nitrogens with two attached hydrogens (primary N) is 2. The molecule has 0 saturated heterocycles. The Kier molecular flexibility index (Phi) is 4.45. The highest BCUT2D eigenvalue weighted by molar-refractivity contribution is 5.76. The summed E-state index contributed by atoms with van der Waals surface area (Å²) in [7, 11) is 0. The lowest BCUT2D eigenvalue weighted by Crippen LogP contribution is -2.06. The van der Waals surface area contributed by atoms with Gasteiger partial charge in [-0.15, -0.1) is 5.10 Å². The van der Waals surface area contributed by atoms with Gasteiger partial charge in [-0.3, -0.25) is 4.98 Å². The van der Waals surface area contributed by atoms with Crippen LogP contribution in [0.2, 0.25) is 0 Å². The van der Waals surface area contributed by atoms with Gasteiger partial charge in [0.2, 0.25) is 0 Å². The molecule has 3 heterocycles. The number of anilines is 1. The van der Waals surface area contributed by atoms with E-state index in [-0.39, 0.29) is 17.3 Å². The summed E-state index contributed by atoms with van der Waals surface area (Å²) in [6.45, 7) is 0.333. The van der Waals surface area contributed by atoms with Crippen molar-refractivity contribution in [3.05, 3.63) is 66.1 Å². The van der Waals surface area contributed by atoms with Crippen molar-refractivity contribution < 1.29 is 8.78 Å². The zero-order valence-electron chi connectivity index (χ0n) is 14.4. The van der Waals surface area contributed by atoms with Gasteiger partial charge in [-0.05, 0) is 34.7 Å². The minimum Gasteiger partial charge on any atom is -0.383 e. The normalized spacial score (nSPS) is 11.0. The van der Waals surface area contributed by atoms with Crippen molar-refractivity contribution in [2.75, 3.05) is 5.73 Å². The third-order valence-corrected chi connectivity index (χ3v) is 4.16. The number of aromatic nitrogens is 6. The third-order valence-electron chi connectivity index (χ3n) is 4.16. The number of nitrogen functional groups attached to an aromatic ring is 1. The molecule has 0 spiro atoms. The van der Waals surface area contributed by atoms with Gasteiger partial charge in [-0.1, -0.05) is 12.1 Å². The first kappa shape index (κ1) is 17.6. The van der Waals surface area contributed by atoms with Crippen LogP contribution in [0, 0.1) is 11.6 Å². The summed E-state index contributed by atoms with van der Waals surface area (Å²) in [6.07, 6.45) is 3.24. The fourth-order valence-corrected chi connectivity index (χ4v) is 2.70. The molecule has 10 heteroatoms. The molecule has 3 aromatic heterocycles. The van der Waals surface area contributed by atoms with Crippen LogP contribution in [-0.2, 0) is 6.54 Å². The number of benzene rings is 1. The molecule has 0 saturated carbocycles. The Morgan fingerprint density at radius 1 is 1.00 bits per heavy atom. The van der Waals surface area contributed by atoms with Crippen molar-refractivity contribution in [1.29, 1.82) is 0 Å². The average molecular weight is 380 g/mol. The van der Waals surface area contributed by atoms with Crippen LogP contribution in [0.4, 0.5) is 14.6 Å². The van der Waals surface area contributed by atoms with Gasteiger partial charge < -0.3 is 11.5 Å². The monoisotopic (exact) mass is 380 g/mol. The summed E-state index contributed by atoms with van der Waals surface area (Å²) in [5, 5.41) is 11.3. The fourth-order valence-electron chi connectivity index (χ4n) is 2.70. The van der Waals surface area contributed by atoms with E-state index in [0.717, 1.165) is 22.0 Å². The quantitative estimate of drug-likeness (QED) is 0.556. The second-order valence-electron chi connectivity index (χ2n) is 5.89. The van der Waals surface area contributed by atoms with Gasteiger partial charge in [0.1, 0.15) is 11.5 Å². The first-order chi connectivity index (χ1) is 13.6. The van der Waals surface area contributed by atoms with E-state index in [1.165, 1.54) is 12.1 Å². The van der Waals surface area contributed by atoms with E-state index < -0.39 is 11.6 Å². The van der Waals surface area contributed by atoms with Crippen LogP contribution in [0.3, 0.4) is 0 Å². The van der Waals surface area contributed by atoms with Crippen LogP contribution in [-0.4, -0.2) is 30.2 Å². The zero-order chi connectivity index (χ0) is 19.7. The Morgan fingerprint density at radius 3 is 2.57 bits per heavy atom. The van der Waals surface area contributed by atoms with Crippen LogP contribution in [0.5, 0.6) is 0 Å². The highest BCUT2D eigenvalue weighted by Crippen LogP contribution is 2.29. The van der Waals surface area contributed by atoms with Crippen LogP contribution in [0.1, 0.15) is 5.69 Å². The van der Waals surface area contributed by atoms with Gasteiger partial charge >= 0.3 is 0 Å². The third kappa shape index (κ3) is 3.05. The Labute approximate surface area is 157 Å². The van der Waals surface area contributed by atoms with Gasteiger partial charge in [0.05, 0.1) is 11.3 Å². The molecule has 28 heavy (non-hydrogen) atoms. The smallest absolute Gasteiger partial charge is 0.190 e. The number of hydrogen-bond acceptors (Lipinski definition) is 7. The highest BCUT2D eigenvalue weighted by atomic mass is 19.2. The molecule has 8 nitrogen and oxygen atoms in total. The van der Waals surface area contributed by atoms with E-state index in [2.05, 4.69) is 25.5 Å². The number of halogens is 2. The van der Waals surface area contributed by atoms with Crippen LogP contribution in [0.25, 0.3) is 28.2 Å². The Morgan fingerprint density at radius 2 is 1.82 bits per heavy atom. The van der Waals surface area contributed by atoms with Gasteiger partial charge in [0, 0.05) is 30.1 Å². The van der Waals surface area contributed by atoms with Gasteiger partial charge in [0.15, 0.2) is 17.5 Å². The number of rotatable bonds is 4. The molecule has 0 radical (unpaired) electrons. The Hall–Kier alpha value is -3.79. The van der Waals surface area contributed by atoms with Crippen molar-refractivity contribution in [3.63, 3.8) is 0 Å². The maximum atomic E-state index is 14.2. The van der Waals surface area contributed by atoms with Crippen molar-refractivity contribution in [2.45, 2.75) is 6.54 Å². The lowest BCUT2D eigenvalue weighted by molar-refractivity contribution is 0.501. The molecule has 4 rings (SSSR count). The Bertz CT molecular complexity index is 1140. The van der Waals surface area contributed by atoms with E-state index in [0.29, 0.717) is 17.7 Å². The molecule has 1 aromatic carbocycles. The van der Waals surface area contributed by atoms with Crippen molar-refractivity contribution in [3.8, 4) is 28.2 Å². The molecule has 0 aliphatic heterocycles. The van der Waals surface area contributed by atoms with E-state index >= 15 is 0 Å². The van der Waals surface area contributed by atoms with Gasteiger partial charge in [0.25, 0.3) is 0 Å². The minimum absolute atomic E-state index is 0.128. The summed E-state index contributed by atoms with van der Waals surface area (Å²) >= 11 is 0. The summed E-state index contributed by atoms with van der Waals surface area (Å²) in [4.78, 5) is 8.43. The van der Waals surface area contributed by atoms with Crippen LogP contribution >= 0.6 is 0 Å². The molecule has 140 valence electrons. The predicted octanol–water partition coefficient (Wildman–Crippen LogP) is 2.11. The van der Waals surface area contributed by atoms with Crippen molar-refractivity contribution in [2.24, 2.45) is 5.73 Å². The molecule has 0 bridgehead atoms. The van der Waals surface area contributed by atoms with E-state index in [1.807, 2.05) is 6.07 Å². The number of pyridine rings is 2. The molecule has 0 unspecified atom stereocenters. The standard InChI is InChI=1S/C18H14F2N8/c19-14-2-1-3-15(16(14)20)28-18(25-26-27-28)13-6-11(9-24-17(13)22)10-4-5-12(7-21)23-8-10/h1-6,8-9H,7,21H2,(H2,22,24). The molecule has 0 aliphatic carbocycles. The number of nitrogens with zero attached hydrogens (tertiary/aromatic N) is 6. The molecular weight excluding hydrogens is 366 g/mol. The lowest BCUT2D eigenvalue weighted by atomic mass is 10.1. The summed E-state index contributed by atoms with van der Waals surface area (Å²) in [5.41, 5.74) is 14.0. The number of hydrogen-bond donors (Lipinski definition) is 2. The predicted molar refractivity (Wildman–Crippen MR) is 97.8 cm³/mol. The fraction of sp³-hybridized carbons (Fsp3) is 0.0556. The minimum atomic E-state index is -1.07. The molecule has 0 amide bonds. The van der Waals surface area contributed by atoms with E-state index in [9.17, 15) is 8.78 Å². The van der Waals surface area contributed by atoms with Crippen molar-refractivity contribution >= 4 is 5.82 Å². The maximum Gasteiger partial charge on any atom is 0.190 e. The van der Waals surface area contributed by atoms with Crippen molar-refractivity contribution in [1.82, 2.24) is 30.2 Å². The summed E-state index contributed by atoms with van der Waals surface area (Å²) in [5.74, 6) is -1.81. The largest absolute Gasteiger partial charge is 0.383 e. The average Bonchev–Trinajstić information content (AvgIpc) is 3.20. The maximum absolute atomic E-state index is 14.2. The van der Waals surface area contributed by atoms with Crippen LogP contribution in [0.15, 0.2) is 48.8 Å². The second kappa shape index (κ2) is 7.08. The van der Waals surface area contributed by atoms with E-state index in [4.69, 9.17) is 11.5 Å². The molecular formula is C18H14F2N8. The van der Waals surface area contributed by atoms with Gasteiger partial charge in [-0.25, -0.2) is 13.8 Å². The lowest BCUT2D eigenvalue weighted by Gasteiger charge is -2.10. The first-order valence-corrected chi connectivity index (χ1v) is 8.22. The molecule has 0 fully saturated rings. The molecule has 4 N–H and O–H groups in total. The first-order valence-electron chi connectivity index (χ1n) is 8.22.